The van der Waals surface area contributed by atoms with Crippen molar-refractivity contribution in [1.29, 1.82) is 0 Å². The fourth-order valence-electron chi connectivity index (χ4n) is 0.761. The zero-order chi connectivity index (χ0) is 10.8. The molecule has 0 spiro atoms. The van der Waals surface area contributed by atoms with Crippen LogP contribution in [-0.4, -0.2) is 13.2 Å². The van der Waals surface area contributed by atoms with Crippen LogP contribution in [0.3, 0.4) is 0 Å². The fourth-order valence-corrected chi connectivity index (χ4v) is 1.69. The van der Waals surface area contributed by atoms with Gasteiger partial charge in [-0.2, -0.15) is 0 Å². The molecule has 0 aromatic heterocycles. The maximum Gasteiger partial charge on any atom is 0.157 e. The summed E-state index contributed by atoms with van der Waals surface area (Å²) in [4.78, 5) is 0. The molecular formula is C10H17FNOP. The van der Waals surface area contributed by atoms with Gasteiger partial charge in [-0.15, -0.1) is 0 Å². The Morgan fingerprint density at radius 1 is 1.50 bits per heavy atom. The van der Waals surface area contributed by atoms with Crippen LogP contribution in [0.5, 0.6) is 0 Å². The highest BCUT2D eigenvalue weighted by atomic mass is 31.2. The number of hydrogen-bond donors (Lipinski definition) is 1. The molecule has 0 fully saturated rings. The van der Waals surface area contributed by atoms with E-state index in [1.807, 2.05) is 32.7 Å². The van der Waals surface area contributed by atoms with Crippen molar-refractivity contribution in [2.45, 2.75) is 13.8 Å². The van der Waals surface area contributed by atoms with E-state index in [4.69, 9.17) is 4.52 Å². The molecule has 14 heavy (non-hydrogen) atoms. The number of nitrogens with one attached hydrogen (secondary N) is 1. The van der Waals surface area contributed by atoms with Crippen LogP contribution < -0.4 is 5.09 Å². The number of allylic oxidation sites excluding steroid dienone is 4. The third-order valence-corrected chi connectivity index (χ3v) is 2.54. The average Bonchev–Trinajstić information content (AvgIpc) is 2.17. The molecule has 0 saturated heterocycles. The van der Waals surface area contributed by atoms with E-state index in [2.05, 4.69) is 5.09 Å². The first-order valence-corrected chi connectivity index (χ1v) is 6.20. The fraction of sp³-hybridized carbons (Fsp3) is 0.400. The van der Waals surface area contributed by atoms with Crippen LogP contribution in [0.15, 0.2) is 36.4 Å². The van der Waals surface area contributed by atoms with E-state index in [1.54, 1.807) is 12.2 Å². The summed E-state index contributed by atoms with van der Waals surface area (Å²) in [7, 11) is -0.780. The minimum Gasteiger partial charge on any atom is -0.456 e. The van der Waals surface area contributed by atoms with E-state index in [1.165, 1.54) is 0 Å². The van der Waals surface area contributed by atoms with E-state index < -0.39 is 8.30 Å². The van der Waals surface area contributed by atoms with Crippen molar-refractivity contribution >= 4 is 8.30 Å². The molecule has 4 heteroatoms. The topological polar surface area (TPSA) is 21.3 Å². The summed E-state index contributed by atoms with van der Waals surface area (Å²) in [6, 6.07) is 0. The quantitative estimate of drug-likeness (QED) is 0.417. The first-order chi connectivity index (χ1) is 6.74. The van der Waals surface area contributed by atoms with Gasteiger partial charge in [-0.05, 0) is 19.5 Å². The molecule has 0 bridgehead atoms. The summed E-state index contributed by atoms with van der Waals surface area (Å²) < 4.78 is 17.6. The SMILES string of the molecule is C\C=C/C=C\C(=C\F)OP(C)NCC. The standard InChI is InChI=1S/C10H17FNOP/c1-4-6-7-8-10(9-11)13-14(3)12-5-2/h4,6-9,12H,5H2,1-3H3/b6-4-,8-7-,10-9-. The van der Waals surface area contributed by atoms with Crippen molar-refractivity contribution in [3.8, 4) is 0 Å². The van der Waals surface area contributed by atoms with Crippen molar-refractivity contribution in [2.75, 3.05) is 13.2 Å². The van der Waals surface area contributed by atoms with Crippen molar-refractivity contribution in [1.82, 2.24) is 5.09 Å². The molecule has 0 aliphatic rings. The maximum atomic E-state index is 12.3. The van der Waals surface area contributed by atoms with E-state index >= 15 is 0 Å². The molecule has 1 N–H and O–H groups in total. The van der Waals surface area contributed by atoms with E-state index in [-0.39, 0.29) is 5.76 Å². The van der Waals surface area contributed by atoms with E-state index in [9.17, 15) is 4.39 Å². The lowest BCUT2D eigenvalue weighted by molar-refractivity contribution is 0.467. The predicted octanol–water partition coefficient (Wildman–Crippen LogP) is 3.50. The average molecular weight is 217 g/mol. The molecular weight excluding hydrogens is 200 g/mol. The van der Waals surface area contributed by atoms with Crippen LogP contribution in [0.2, 0.25) is 0 Å². The van der Waals surface area contributed by atoms with Gasteiger partial charge in [0, 0.05) is 6.66 Å². The summed E-state index contributed by atoms with van der Waals surface area (Å²) in [6.45, 7) is 6.60. The second-order valence-corrected chi connectivity index (χ2v) is 3.99. The van der Waals surface area contributed by atoms with Gasteiger partial charge in [0.1, 0.15) is 6.33 Å². The smallest absolute Gasteiger partial charge is 0.157 e. The highest BCUT2D eigenvalue weighted by Gasteiger charge is 2.01. The zero-order valence-electron chi connectivity index (χ0n) is 8.83. The Morgan fingerprint density at radius 2 is 2.21 bits per heavy atom. The molecule has 0 rings (SSSR count). The minimum atomic E-state index is -0.780. The first-order valence-electron chi connectivity index (χ1n) is 4.49. The maximum absolute atomic E-state index is 12.3. The molecule has 0 saturated carbocycles. The van der Waals surface area contributed by atoms with E-state index in [0.29, 0.717) is 6.33 Å². The molecule has 2 nitrogen and oxygen atoms in total. The third kappa shape index (κ3) is 6.81. The summed E-state index contributed by atoms with van der Waals surface area (Å²) in [5, 5.41) is 3.08. The van der Waals surface area contributed by atoms with Gasteiger partial charge < -0.3 is 4.52 Å². The molecule has 0 radical (unpaired) electrons. The first kappa shape index (κ1) is 13.3. The second kappa shape index (κ2) is 8.92. The van der Waals surface area contributed by atoms with Gasteiger partial charge in [-0.25, -0.2) is 4.39 Å². The van der Waals surface area contributed by atoms with Crippen molar-refractivity contribution in [3.05, 3.63) is 36.4 Å². The van der Waals surface area contributed by atoms with Crippen LogP contribution in [0.25, 0.3) is 0 Å². The Labute approximate surface area is 86.4 Å². The van der Waals surface area contributed by atoms with Crippen molar-refractivity contribution in [3.63, 3.8) is 0 Å². The summed E-state index contributed by atoms with van der Waals surface area (Å²) in [5.41, 5.74) is 0. The van der Waals surface area contributed by atoms with Crippen LogP contribution in [0.1, 0.15) is 13.8 Å². The number of rotatable bonds is 6. The molecule has 0 heterocycles. The van der Waals surface area contributed by atoms with Crippen molar-refractivity contribution in [2.24, 2.45) is 0 Å². The molecule has 0 aromatic rings. The summed E-state index contributed by atoms with van der Waals surface area (Å²) in [5.74, 6) is 0.248. The van der Waals surface area contributed by atoms with Gasteiger partial charge in [0.05, 0.1) is 0 Å². The number of hydrogen-bond acceptors (Lipinski definition) is 2. The second-order valence-electron chi connectivity index (χ2n) is 2.50. The summed E-state index contributed by atoms with van der Waals surface area (Å²) >= 11 is 0. The van der Waals surface area contributed by atoms with Gasteiger partial charge in [0.15, 0.2) is 14.1 Å². The van der Waals surface area contributed by atoms with Crippen molar-refractivity contribution < 1.29 is 8.91 Å². The third-order valence-electron chi connectivity index (χ3n) is 1.29. The zero-order valence-corrected chi connectivity index (χ0v) is 9.72. The number of halogens is 1. The highest BCUT2D eigenvalue weighted by Crippen LogP contribution is 2.30. The lowest BCUT2D eigenvalue weighted by Gasteiger charge is -2.13. The minimum absolute atomic E-state index is 0.248. The molecule has 0 aromatic carbocycles. The van der Waals surface area contributed by atoms with Crippen LogP contribution >= 0.6 is 8.30 Å². The lowest BCUT2D eigenvalue weighted by atomic mass is 10.4. The van der Waals surface area contributed by atoms with Crippen LogP contribution in [-0.2, 0) is 4.52 Å². The van der Waals surface area contributed by atoms with Gasteiger partial charge in [0.2, 0.25) is 0 Å². The molecule has 0 amide bonds. The Kier molecular flexibility index (Phi) is 8.50. The van der Waals surface area contributed by atoms with Crippen LogP contribution in [0.4, 0.5) is 4.39 Å². The Hall–Kier alpha value is -0.660. The monoisotopic (exact) mass is 217 g/mol. The Bertz CT molecular complexity index is 226. The van der Waals surface area contributed by atoms with Gasteiger partial charge in [0.25, 0.3) is 0 Å². The summed E-state index contributed by atoms with van der Waals surface area (Å²) in [6.07, 6.45) is 7.48. The van der Waals surface area contributed by atoms with Gasteiger partial charge in [-0.1, -0.05) is 25.2 Å². The van der Waals surface area contributed by atoms with Gasteiger partial charge in [-0.3, -0.25) is 5.09 Å². The predicted molar refractivity (Wildman–Crippen MR) is 60.8 cm³/mol. The normalized spacial score (nSPS) is 15.3. The Balaban J connectivity index is 4.04. The largest absolute Gasteiger partial charge is 0.456 e. The molecule has 1 unspecified atom stereocenters. The molecule has 0 aliphatic heterocycles. The highest BCUT2D eigenvalue weighted by molar-refractivity contribution is 7.49. The Morgan fingerprint density at radius 3 is 2.71 bits per heavy atom. The molecule has 0 aliphatic carbocycles. The van der Waals surface area contributed by atoms with Gasteiger partial charge >= 0.3 is 0 Å². The molecule has 1 atom stereocenters. The van der Waals surface area contributed by atoms with E-state index in [0.717, 1.165) is 6.54 Å². The van der Waals surface area contributed by atoms with Crippen LogP contribution in [0, 0.1) is 0 Å². The lowest BCUT2D eigenvalue weighted by Crippen LogP contribution is -2.05. The molecule has 80 valence electrons.